The zero-order chi connectivity index (χ0) is 21.5. The average molecular weight is 427 g/mol. The topological polar surface area (TPSA) is 166 Å². The maximum atomic E-state index is 11.5. The fraction of sp³-hybridized carbons (Fsp3) is 0.111. The Kier molecular flexibility index (Phi) is 4.72. The van der Waals surface area contributed by atoms with Gasteiger partial charge in [0, 0.05) is 11.4 Å². The van der Waals surface area contributed by atoms with E-state index in [1.54, 1.807) is 44.2 Å². The summed E-state index contributed by atoms with van der Waals surface area (Å²) in [6.45, 7) is 3.26. The zero-order valence-corrected chi connectivity index (χ0v) is 16.7. The average Bonchev–Trinajstić information content (AvgIpc) is 3.01. The lowest BCUT2D eigenvalue weighted by Gasteiger charge is -2.10. The first-order valence-electron chi connectivity index (χ1n) is 8.74. The second-order valence-corrected chi connectivity index (χ2v) is 7.96. The van der Waals surface area contributed by atoms with Crippen LogP contribution in [0.5, 0.6) is 0 Å². The molecule has 0 amide bonds. The van der Waals surface area contributed by atoms with Gasteiger partial charge in [-0.15, -0.1) is 0 Å². The van der Waals surface area contributed by atoms with Gasteiger partial charge in [0.05, 0.1) is 15.9 Å². The number of aromatic nitrogens is 5. The van der Waals surface area contributed by atoms with Gasteiger partial charge in [0.25, 0.3) is 10.1 Å². The minimum atomic E-state index is -4.35. The lowest BCUT2D eigenvalue weighted by Crippen LogP contribution is -2.06. The number of hydrogen-bond donors (Lipinski definition) is 5. The number of aryl methyl sites for hydroxylation is 2. The van der Waals surface area contributed by atoms with Crippen LogP contribution in [-0.4, -0.2) is 37.9 Å². The molecule has 0 bridgehead atoms. The third kappa shape index (κ3) is 4.14. The van der Waals surface area contributed by atoms with Crippen LogP contribution in [0.2, 0.25) is 0 Å². The molecule has 0 aliphatic carbocycles. The maximum Gasteiger partial charge on any atom is 0.323 e. The summed E-state index contributed by atoms with van der Waals surface area (Å²) in [6.07, 6.45) is 0. The predicted octanol–water partition coefficient (Wildman–Crippen LogP) is 2.39. The highest BCUT2D eigenvalue weighted by Crippen LogP contribution is 2.23. The van der Waals surface area contributed by atoms with Crippen molar-refractivity contribution in [2.24, 2.45) is 0 Å². The molecular weight excluding hydrogens is 410 g/mol. The van der Waals surface area contributed by atoms with E-state index in [-0.39, 0.29) is 22.5 Å². The van der Waals surface area contributed by atoms with Crippen molar-refractivity contribution >= 4 is 44.4 Å². The summed E-state index contributed by atoms with van der Waals surface area (Å²) in [5.74, 6) is 0.865. The summed E-state index contributed by atoms with van der Waals surface area (Å²) >= 11 is 0. The van der Waals surface area contributed by atoms with Crippen molar-refractivity contribution in [2.45, 2.75) is 18.7 Å². The van der Waals surface area contributed by atoms with Crippen LogP contribution in [0.25, 0.3) is 11.0 Å². The van der Waals surface area contributed by atoms with Gasteiger partial charge in [0.2, 0.25) is 11.9 Å². The Labute approximate surface area is 170 Å². The molecule has 0 unspecified atom stereocenters. The number of imidazole rings is 1. The highest BCUT2D eigenvalue weighted by Gasteiger charge is 2.14. The number of nitrogens with zero attached hydrogens (tertiary/aromatic N) is 3. The van der Waals surface area contributed by atoms with Crippen molar-refractivity contribution in [3.63, 3.8) is 0 Å². The van der Waals surface area contributed by atoms with Gasteiger partial charge in [-0.3, -0.25) is 4.55 Å². The number of rotatable bonds is 5. The van der Waals surface area contributed by atoms with Gasteiger partial charge in [0.15, 0.2) is 0 Å². The molecule has 0 radical (unpaired) electrons. The van der Waals surface area contributed by atoms with E-state index in [1.807, 2.05) is 0 Å². The van der Waals surface area contributed by atoms with Crippen molar-refractivity contribution in [2.75, 3.05) is 10.6 Å². The summed E-state index contributed by atoms with van der Waals surface area (Å²) in [7, 11) is -4.35. The Hall–Kier alpha value is -3.77. The molecule has 12 heteroatoms. The second kappa shape index (κ2) is 7.24. The predicted molar refractivity (Wildman–Crippen MR) is 111 cm³/mol. The molecule has 0 aliphatic heterocycles. The fourth-order valence-electron chi connectivity index (χ4n) is 2.92. The highest BCUT2D eigenvalue weighted by atomic mass is 32.2. The van der Waals surface area contributed by atoms with Crippen LogP contribution < -0.4 is 16.3 Å². The minimum absolute atomic E-state index is 0.186. The Morgan fingerprint density at radius 1 is 0.867 bits per heavy atom. The van der Waals surface area contributed by atoms with Crippen molar-refractivity contribution in [1.29, 1.82) is 0 Å². The van der Waals surface area contributed by atoms with E-state index in [9.17, 15) is 17.8 Å². The third-order valence-corrected chi connectivity index (χ3v) is 5.24. The van der Waals surface area contributed by atoms with E-state index in [2.05, 4.69) is 35.6 Å². The molecule has 154 valence electrons. The smallest absolute Gasteiger partial charge is 0.323 e. The lowest BCUT2D eigenvalue weighted by atomic mass is 10.2. The van der Waals surface area contributed by atoms with Crippen LogP contribution in [0.3, 0.4) is 0 Å². The van der Waals surface area contributed by atoms with Gasteiger partial charge in [0.1, 0.15) is 5.82 Å². The van der Waals surface area contributed by atoms with E-state index in [0.29, 0.717) is 33.8 Å². The monoisotopic (exact) mass is 427 g/mol. The first-order valence-corrected chi connectivity index (χ1v) is 10.2. The molecule has 2 heterocycles. The minimum Gasteiger partial charge on any atom is -0.324 e. The molecule has 4 aromatic rings. The summed E-state index contributed by atoms with van der Waals surface area (Å²) in [5, 5.41) is 5.96. The molecule has 11 nitrogen and oxygen atoms in total. The molecule has 2 aromatic heterocycles. The SMILES string of the molecule is Cc1nc(Nc2ccc(C)c(S(=O)(=O)O)c2)nc(Nc2ccc3[nH]c(=O)[nH]c3c2)n1. The van der Waals surface area contributed by atoms with E-state index < -0.39 is 10.1 Å². The number of anilines is 4. The Balaban J connectivity index is 1.62. The van der Waals surface area contributed by atoms with Gasteiger partial charge in [-0.2, -0.15) is 23.4 Å². The van der Waals surface area contributed by atoms with Gasteiger partial charge in [-0.05, 0) is 49.7 Å². The normalized spacial score (nSPS) is 11.6. The molecule has 0 fully saturated rings. The van der Waals surface area contributed by atoms with Gasteiger partial charge < -0.3 is 20.6 Å². The third-order valence-electron chi connectivity index (χ3n) is 4.24. The standard InChI is InChI=1S/C18H17N7O4S/c1-9-3-4-12(8-15(9)30(27,28)29)22-17-20-10(2)19-16(25-17)21-11-5-6-13-14(7-11)24-18(26)23-13/h3-8H,1-2H3,(H2,23,24,26)(H,27,28,29)(H2,19,20,21,22,25). The van der Waals surface area contributed by atoms with Crippen LogP contribution in [0.15, 0.2) is 46.1 Å². The van der Waals surface area contributed by atoms with E-state index in [1.165, 1.54) is 6.07 Å². The molecule has 4 rings (SSSR count). The first-order chi connectivity index (χ1) is 14.2. The van der Waals surface area contributed by atoms with Crippen LogP contribution in [0.4, 0.5) is 23.3 Å². The molecule has 0 saturated heterocycles. The van der Waals surface area contributed by atoms with E-state index in [0.717, 1.165) is 0 Å². The number of nitrogens with one attached hydrogen (secondary N) is 4. The number of fused-ring (bicyclic) bond motifs is 1. The molecule has 0 saturated carbocycles. The largest absolute Gasteiger partial charge is 0.324 e. The number of hydrogen-bond acceptors (Lipinski definition) is 8. The lowest BCUT2D eigenvalue weighted by molar-refractivity contribution is 0.482. The van der Waals surface area contributed by atoms with Crippen molar-refractivity contribution in [3.8, 4) is 0 Å². The van der Waals surface area contributed by atoms with Crippen molar-refractivity contribution in [1.82, 2.24) is 24.9 Å². The summed E-state index contributed by atoms with van der Waals surface area (Å²) in [4.78, 5) is 29.3. The van der Waals surface area contributed by atoms with Gasteiger partial charge in [-0.1, -0.05) is 6.07 Å². The molecule has 2 aromatic carbocycles. The number of H-pyrrole nitrogens is 2. The van der Waals surface area contributed by atoms with Crippen molar-refractivity contribution in [3.05, 3.63) is 58.3 Å². The van der Waals surface area contributed by atoms with Crippen LogP contribution >= 0.6 is 0 Å². The van der Waals surface area contributed by atoms with Crippen LogP contribution in [0.1, 0.15) is 11.4 Å². The summed E-state index contributed by atoms with van der Waals surface area (Å²) in [6, 6.07) is 9.74. The molecule has 0 spiro atoms. The van der Waals surface area contributed by atoms with E-state index >= 15 is 0 Å². The highest BCUT2D eigenvalue weighted by molar-refractivity contribution is 7.85. The van der Waals surface area contributed by atoms with Crippen molar-refractivity contribution < 1.29 is 13.0 Å². The molecule has 30 heavy (non-hydrogen) atoms. The van der Waals surface area contributed by atoms with Crippen LogP contribution in [0, 0.1) is 13.8 Å². The molecule has 5 N–H and O–H groups in total. The van der Waals surface area contributed by atoms with Crippen LogP contribution in [-0.2, 0) is 10.1 Å². The van der Waals surface area contributed by atoms with Gasteiger partial charge in [-0.25, -0.2) is 4.79 Å². The number of benzene rings is 2. The Morgan fingerprint density at radius 3 is 2.13 bits per heavy atom. The first kappa shape index (κ1) is 19.5. The van der Waals surface area contributed by atoms with E-state index in [4.69, 9.17) is 0 Å². The molecule has 0 aliphatic rings. The Morgan fingerprint density at radius 2 is 1.47 bits per heavy atom. The molecule has 0 atom stereocenters. The second-order valence-electron chi connectivity index (χ2n) is 6.57. The molecular formula is C18H17N7O4S. The maximum absolute atomic E-state index is 11.5. The summed E-state index contributed by atoms with van der Waals surface area (Å²) in [5.41, 5.74) is 2.46. The Bertz CT molecular complexity index is 1430. The quantitative estimate of drug-likeness (QED) is 0.301. The zero-order valence-electron chi connectivity index (χ0n) is 15.9. The van der Waals surface area contributed by atoms with Gasteiger partial charge >= 0.3 is 5.69 Å². The fourth-order valence-corrected chi connectivity index (χ4v) is 3.67. The summed E-state index contributed by atoms with van der Waals surface area (Å²) < 4.78 is 32.4. The number of aromatic amines is 2.